The molecule has 0 aliphatic carbocycles. The molecule has 17 heavy (non-hydrogen) atoms. The predicted molar refractivity (Wildman–Crippen MR) is 76.5 cm³/mol. The molecule has 0 radical (unpaired) electrons. The van der Waals surface area contributed by atoms with Crippen LogP contribution in [0.2, 0.25) is 0 Å². The molecular weight excluding hydrogens is 278 g/mol. The SMILES string of the molecule is CCCC(C)(C)NCc1ccc(OC)c(Br)c1. The Morgan fingerprint density at radius 1 is 1.35 bits per heavy atom. The number of methoxy groups -OCH3 is 1. The molecule has 1 N–H and O–H groups in total. The van der Waals surface area contributed by atoms with Crippen LogP contribution >= 0.6 is 15.9 Å². The van der Waals surface area contributed by atoms with Crippen LogP contribution in [0.1, 0.15) is 39.2 Å². The number of ether oxygens (including phenoxy) is 1. The number of halogens is 1. The van der Waals surface area contributed by atoms with Gasteiger partial charge in [-0.3, -0.25) is 0 Å². The summed E-state index contributed by atoms with van der Waals surface area (Å²) in [7, 11) is 1.68. The molecule has 3 heteroatoms. The molecule has 1 aromatic carbocycles. The van der Waals surface area contributed by atoms with E-state index in [1.807, 2.05) is 6.07 Å². The van der Waals surface area contributed by atoms with Crippen LogP contribution in [-0.2, 0) is 6.54 Å². The highest BCUT2D eigenvalue weighted by Crippen LogP contribution is 2.25. The van der Waals surface area contributed by atoms with Gasteiger partial charge in [-0.25, -0.2) is 0 Å². The number of benzene rings is 1. The highest BCUT2D eigenvalue weighted by atomic mass is 79.9. The zero-order valence-electron chi connectivity index (χ0n) is 11.1. The smallest absolute Gasteiger partial charge is 0.133 e. The lowest BCUT2D eigenvalue weighted by Gasteiger charge is -2.26. The summed E-state index contributed by atoms with van der Waals surface area (Å²) < 4.78 is 6.22. The minimum absolute atomic E-state index is 0.196. The van der Waals surface area contributed by atoms with Gasteiger partial charge < -0.3 is 10.1 Å². The molecule has 96 valence electrons. The standard InChI is InChI=1S/C14H22BrNO/c1-5-8-14(2,3)16-10-11-6-7-13(17-4)12(15)9-11/h6-7,9,16H,5,8,10H2,1-4H3. The van der Waals surface area contributed by atoms with E-state index in [0.29, 0.717) is 0 Å². The molecule has 0 aliphatic rings. The van der Waals surface area contributed by atoms with Crippen LogP contribution in [0.5, 0.6) is 5.75 Å². The molecule has 0 fully saturated rings. The highest BCUT2D eigenvalue weighted by Gasteiger charge is 2.15. The van der Waals surface area contributed by atoms with E-state index in [1.54, 1.807) is 7.11 Å². The molecule has 0 aliphatic heterocycles. The molecule has 1 aromatic rings. The fraction of sp³-hybridized carbons (Fsp3) is 0.571. The molecule has 0 spiro atoms. The van der Waals surface area contributed by atoms with Crippen molar-refractivity contribution >= 4 is 15.9 Å². The van der Waals surface area contributed by atoms with Crippen LogP contribution < -0.4 is 10.1 Å². The van der Waals surface area contributed by atoms with E-state index in [0.717, 1.165) is 16.8 Å². The van der Waals surface area contributed by atoms with Gasteiger partial charge in [0.25, 0.3) is 0 Å². The molecule has 0 saturated heterocycles. The van der Waals surface area contributed by atoms with Crippen molar-refractivity contribution in [1.82, 2.24) is 5.32 Å². The Bertz CT molecular complexity index is 363. The zero-order chi connectivity index (χ0) is 12.9. The number of hydrogen-bond donors (Lipinski definition) is 1. The van der Waals surface area contributed by atoms with Crippen molar-refractivity contribution in [3.8, 4) is 5.75 Å². The number of hydrogen-bond acceptors (Lipinski definition) is 2. The Balaban J connectivity index is 2.61. The van der Waals surface area contributed by atoms with Gasteiger partial charge in [-0.2, -0.15) is 0 Å². The van der Waals surface area contributed by atoms with E-state index in [4.69, 9.17) is 4.74 Å². The average Bonchev–Trinajstić information content (AvgIpc) is 2.27. The Morgan fingerprint density at radius 3 is 2.59 bits per heavy atom. The Labute approximate surface area is 113 Å². The van der Waals surface area contributed by atoms with Crippen LogP contribution in [0.3, 0.4) is 0 Å². The van der Waals surface area contributed by atoms with Crippen molar-refractivity contribution in [3.63, 3.8) is 0 Å². The molecule has 0 saturated carbocycles. The van der Waals surface area contributed by atoms with Crippen molar-refractivity contribution in [1.29, 1.82) is 0 Å². The third-order valence-corrected chi connectivity index (χ3v) is 3.48. The van der Waals surface area contributed by atoms with E-state index in [1.165, 1.54) is 18.4 Å². The first-order chi connectivity index (χ1) is 7.98. The first-order valence-electron chi connectivity index (χ1n) is 6.06. The predicted octanol–water partition coefficient (Wildman–Crippen LogP) is 4.13. The monoisotopic (exact) mass is 299 g/mol. The number of nitrogens with one attached hydrogen (secondary N) is 1. The maximum atomic E-state index is 5.22. The molecular formula is C14H22BrNO. The maximum absolute atomic E-state index is 5.22. The first kappa shape index (κ1) is 14.5. The lowest BCUT2D eigenvalue weighted by molar-refractivity contribution is 0.356. The van der Waals surface area contributed by atoms with E-state index in [9.17, 15) is 0 Å². The van der Waals surface area contributed by atoms with Gasteiger partial charge in [0.1, 0.15) is 5.75 Å². The second kappa shape index (κ2) is 6.41. The lowest BCUT2D eigenvalue weighted by Crippen LogP contribution is -2.38. The lowest BCUT2D eigenvalue weighted by atomic mass is 9.98. The Kier molecular flexibility index (Phi) is 5.47. The molecule has 0 amide bonds. The van der Waals surface area contributed by atoms with Crippen molar-refractivity contribution in [3.05, 3.63) is 28.2 Å². The summed E-state index contributed by atoms with van der Waals surface area (Å²) in [6, 6.07) is 6.19. The second-order valence-electron chi connectivity index (χ2n) is 4.96. The van der Waals surface area contributed by atoms with Crippen molar-refractivity contribution in [2.24, 2.45) is 0 Å². The van der Waals surface area contributed by atoms with Gasteiger partial charge in [0.15, 0.2) is 0 Å². The summed E-state index contributed by atoms with van der Waals surface area (Å²) in [4.78, 5) is 0. The minimum Gasteiger partial charge on any atom is -0.496 e. The van der Waals surface area contributed by atoms with Crippen molar-refractivity contribution < 1.29 is 4.74 Å². The second-order valence-corrected chi connectivity index (χ2v) is 5.81. The number of rotatable bonds is 6. The summed E-state index contributed by atoms with van der Waals surface area (Å²) in [5.41, 5.74) is 1.46. The van der Waals surface area contributed by atoms with Crippen LogP contribution in [-0.4, -0.2) is 12.6 Å². The first-order valence-corrected chi connectivity index (χ1v) is 6.85. The van der Waals surface area contributed by atoms with Gasteiger partial charge in [0.05, 0.1) is 11.6 Å². The van der Waals surface area contributed by atoms with Gasteiger partial charge in [0.2, 0.25) is 0 Å². The van der Waals surface area contributed by atoms with Gasteiger partial charge in [-0.1, -0.05) is 19.4 Å². The van der Waals surface area contributed by atoms with Crippen LogP contribution in [0.25, 0.3) is 0 Å². The van der Waals surface area contributed by atoms with Gasteiger partial charge in [0, 0.05) is 12.1 Å². The molecule has 0 bridgehead atoms. The van der Waals surface area contributed by atoms with Crippen LogP contribution in [0.15, 0.2) is 22.7 Å². The summed E-state index contributed by atoms with van der Waals surface area (Å²) >= 11 is 3.51. The molecule has 0 atom stereocenters. The quantitative estimate of drug-likeness (QED) is 0.853. The Morgan fingerprint density at radius 2 is 2.06 bits per heavy atom. The van der Waals surface area contributed by atoms with E-state index in [-0.39, 0.29) is 5.54 Å². The zero-order valence-corrected chi connectivity index (χ0v) is 12.7. The summed E-state index contributed by atoms with van der Waals surface area (Å²) in [6.07, 6.45) is 2.39. The van der Waals surface area contributed by atoms with E-state index in [2.05, 4.69) is 54.2 Å². The van der Waals surface area contributed by atoms with Crippen LogP contribution in [0.4, 0.5) is 0 Å². The fourth-order valence-corrected chi connectivity index (χ4v) is 2.46. The average molecular weight is 300 g/mol. The Hall–Kier alpha value is -0.540. The minimum atomic E-state index is 0.196. The normalized spacial score (nSPS) is 11.6. The largest absolute Gasteiger partial charge is 0.496 e. The molecule has 2 nitrogen and oxygen atoms in total. The fourth-order valence-electron chi connectivity index (χ4n) is 1.87. The third-order valence-electron chi connectivity index (χ3n) is 2.86. The maximum Gasteiger partial charge on any atom is 0.133 e. The molecule has 0 heterocycles. The van der Waals surface area contributed by atoms with Crippen molar-refractivity contribution in [2.75, 3.05) is 7.11 Å². The van der Waals surface area contributed by atoms with E-state index < -0.39 is 0 Å². The molecule has 1 rings (SSSR count). The van der Waals surface area contributed by atoms with Gasteiger partial charge in [-0.05, 0) is 53.9 Å². The van der Waals surface area contributed by atoms with E-state index >= 15 is 0 Å². The van der Waals surface area contributed by atoms with Crippen LogP contribution in [0, 0.1) is 0 Å². The van der Waals surface area contributed by atoms with Gasteiger partial charge in [-0.15, -0.1) is 0 Å². The van der Waals surface area contributed by atoms with Gasteiger partial charge >= 0.3 is 0 Å². The van der Waals surface area contributed by atoms with Crippen molar-refractivity contribution in [2.45, 2.75) is 45.7 Å². The summed E-state index contributed by atoms with van der Waals surface area (Å²) in [6.45, 7) is 7.59. The molecule has 0 aromatic heterocycles. The highest BCUT2D eigenvalue weighted by molar-refractivity contribution is 9.10. The topological polar surface area (TPSA) is 21.3 Å². The molecule has 0 unspecified atom stereocenters. The summed E-state index contributed by atoms with van der Waals surface area (Å²) in [5, 5.41) is 3.58. The summed E-state index contributed by atoms with van der Waals surface area (Å²) in [5.74, 6) is 0.876. The third kappa shape index (κ3) is 4.68.